The minimum Gasteiger partial charge on any atom is -0.493 e. The average Bonchev–Trinajstić information content (AvgIpc) is 3.17. The standard InChI is InChI=1S/C24H23N3O3/c1-2-30-21-13-12-17-10-6-7-11-18(17)20(21)15-26-27-24(29)22-19(14-25-23(22)28)16-8-4-3-5-9-16/h3-13,15,19,22H,2,14H2,1H3,(H,25,28)(H,27,29)/b26-15+/t19-,22-/m0/s1. The van der Waals surface area contributed by atoms with E-state index in [9.17, 15) is 9.59 Å². The molecule has 1 saturated heterocycles. The average molecular weight is 401 g/mol. The van der Waals surface area contributed by atoms with E-state index in [4.69, 9.17) is 4.74 Å². The van der Waals surface area contributed by atoms with Crippen LogP contribution >= 0.6 is 0 Å². The highest BCUT2D eigenvalue weighted by Gasteiger charge is 2.40. The number of nitrogens with one attached hydrogen (secondary N) is 2. The second-order valence-electron chi connectivity index (χ2n) is 7.11. The zero-order valence-corrected chi connectivity index (χ0v) is 16.7. The first-order valence-electron chi connectivity index (χ1n) is 9.99. The number of amides is 2. The summed E-state index contributed by atoms with van der Waals surface area (Å²) in [5.41, 5.74) is 4.29. The van der Waals surface area contributed by atoms with E-state index in [0.717, 1.165) is 21.9 Å². The largest absolute Gasteiger partial charge is 0.493 e. The number of hydrogen-bond acceptors (Lipinski definition) is 4. The molecule has 0 bridgehead atoms. The van der Waals surface area contributed by atoms with Gasteiger partial charge in [-0.15, -0.1) is 0 Å². The predicted octanol–water partition coefficient (Wildman–Crippen LogP) is 3.22. The minimum atomic E-state index is -0.816. The molecule has 2 amide bonds. The number of benzene rings is 3. The Hall–Kier alpha value is -3.67. The Kier molecular flexibility index (Phi) is 5.75. The molecule has 0 unspecified atom stereocenters. The van der Waals surface area contributed by atoms with Gasteiger partial charge in [-0.05, 0) is 29.3 Å². The third-order valence-corrected chi connectivity index (χ3v) is 5.29. The van der Waals surface area contributed by atoms with Crippen LogP contribution in [0, 0.1) is 5.92 Å². The number of hydrazone groups is 1. The number of fused-ring (bicyclic) bond motifs is 1. The highest BCUT2D eigenvalue weighted by molar-refractivity contribution is 6.05. The van der Waals surface area contributed by atoms with Crippen LogP contribution in [0.1, 0.15) is 24.0 Å². The van der Waals surface area contributed by atoms with Crippen LogP contribution in [0.3, 0.4) is 0 Å². The van der Waals surface area contributed by atoms with Gasteiger partial charge in [-0.2, -0.15) is 5.10 Å². The van der Waals surface area contributed by atoms with Crippen LogP contribution < -0.4 is 15.5 Å². The third kappa shape index (κ3) is 3.89. The molecule has 2 N–H and O–H groups in total. The van der Waals surface area contributed by atoms with Crippen molar-refractivity contribution in [3.63, 3.8) is 0 Å². The summed E-state index contributed by atoms with van der Waals surface area (Å²) in [4.78, 5) is 25.1. The summed E-state index contributed by atoms with van der Waals surface area (Å²) in [6.45, 7) is 2.87. The number of carbonyl (C=O) groups excluding carboxylic acids is 2. The van der Waals surface area contributed by atoms with E-state index in [-0.39, 0.29) is 11.8 Å². The molecular weight excluding hydrogens is 378 g/mol. The van der Waals surface area contributed by atoms with E-state index in [0.29, 0.717) is 18.9 Å². The third-order valence-electron chi connectivity index (χ3n) is 5.29. The minimum absolute atomic E-state index is 0.217. The fourth-order valence-electron chi connectivity index (χ4n) is 3.85. The Morgan fingerprint density at radius 1 is 1.13 bits per heavy atom. The normalized spacial score (nSPS) is 18.5. The lowest BCUT2D eigenvalue weighted by atomic mass is 9.88. The molecule has 0 saturated carbocycles. The van der Waals surface area contributed by atoms with Crippen molar-refractivity contribution in [3.8, 4) is 5.75 Å². The molecule has 0 aromatic heterocycles. The maximum Gasteiger partial charge on any atom is 0.253 e. The van der Waals surface area contributed by atoms with Crippen molar-refractivity contribution in [2.45, 2.75) is 12.8 Å². The lowest BCUT2D eigenvalue weighted by Crippen LogP contribution is -2.34. The summed E-state index contributed by atoms with van der Waals surface area (Å²) in [6, 6.07) is 21.4. The summed E-state index contributed by atoms with van der Waals surface area (Å²) >= 11 is 0. The van der Waals surface area contributed by atoms with Crippen molar-refractivity contribution >= 4 is 28.8 Å². The highest BCUT2D eigenvalue weighted by atomic mass is 16.5. The molecule has 1 aliphatic rings. The van der Waals surface area contributed by atoms with Gasteiger partial charge in [0.1, 0.15) is 11.7 Å². The fraction of sp³-hybridized carbons (Fsp3) is 0.208. The van der Waals surface area contributed by atoms with Gasteiger partial charge < -0.3 is 10.1 Å². The van der Waals surface area contributed by atoms with E-state index in [1.54, 1.807) is 6.21 Å². The van der Waals surface area contributed by atoms with E-state index < -0.39 is 11.8 Å². The molecule has 0 radical (unpaired) electrons. The Morgan fingerprint density at radius 3 is 2.70 bits per heavy atom. The van der Waals surface area contributed by atoms with Gasteiger partial charge in [0.05, 0.1) is 12.8 Å². The van der Waals surface area contributed by atoms with E-state index in [1.807, 2.05) is 73.7 Å². The van der Waals surface area contributed by atoms with Gasteiger partial charge in [0.25, 0.3) is 5.91 Å². The van der Waals surface area contributed by atoms with Crippen LogP contribution in [0.25, 0.3) is 10.8 Å². The lowest BCUT2D eigenvalue weighted by molar-refractivity contribution is -0.133. The Morgan fingerprint density at radius 2 is 1.90 bits per heavy atom. The van der Waals surface area contributed by atoms with Gasteiger partial charge in [-0.25, -0.2) is 5.43 Å². The van der Waals surface area contributed by atoms with E-state index >= 15 is 0 Å². The van der Waals surface area contributed by atoms with Crippen molar-refractivity contribution < 1.29 is 14.3 Å². The Labute approximate surface area is 174 Å². The molecule has 1 heterocycles. The number of hydrogen-bond donors (Lipinski definition) is 2. The van der Waals surface area contributed by atoms with Crippen LogP contribution in [-0.4, -0.2) is 31.2 Å². The SMILES string of the molecule is CCOc1ccc2ccccc2c1/C=N/NC(=O)[C@@H]1C(=O)NC[C@H]1c1ccccc1. The molecule has 1 aliphatic heterocycles. The summed E-state index contributed by atoms with van der Waals surface area (Å²) < 4.78 is 5.73. The number of rotatable bonds is 6. The quantitative estimate of drug-likeness (QED) is 0.378. The molecule has 6 nitrogen and oxygen atoms in total. The van der Waals surface area contributed by atoms with Crippen molar-refractivity contribution in [3.05, 3.63) is 77.9 Å². The van der Waals surface area contributed by atoms with Crippen LogP contribution in [0.4, 0.5) is 0 Å². The fourth-order valence-corrected chi connectivity index (χ4v) is 3.85. The van der Waals surface area contributed by atoms with Crippen molar-refractivity contribution in [1.82, 2.24) is 10.7 Å². The van der Waals surface area contributed by atoms with E-state index in [1.165, 1.54) is 0 Å². The zero-order valence-electron chi connectivity index (χ0n) is 16.7. The lowest BCUT2D eigenvalue weighted by Gasteiger charge is -2.15. The van der Waals surface area contributed by atoms with Gasteiger partial charge >= 0.3 is 0 Å². The summed E-state index contributed by atoms with van der Waals surface area (Å²) in [5.74, 6) is -1.05. The molecule has 0 spiro atoms. The maximum atomic E-state index is 12.8. The molecule has 3 aromatic rings. The molecule has 6 heteroatoms. The van der Waals surface area contributed by atoms with Crippen LogP contribution in [0.2, 0.25) is 0 Å². The maximum absolute atomic E-state index is 12.8. The second-order valence-corrected chi connectivity index (χ2v) is 7.11. The summed E-state index contributed by atoms with van der Waals surface area (Å²) in [5, 5.41) is 8.97. The molecule has 1 fully saturated rings. The van der Waals surface area contributed by atoms with Gasteiger partial charge in [0.15, 0.2) is 0 Å². The van der Waals surface area contributed by atoms with Gasteiger partial charge in [0.2, 0.25) is 5.91 Å². The summed E-state index contributed by atoms with van der Waals surface area (Å²) in [7, 11) is 0. The number of nitrogens with zero attached hydrogens (tertiary/aromatic N) is 1. The molecule has 4 rings (SSSR count). The van der Waals surface area contributed by atoms with E-state index in [2.05, 4.69) is 15.8 Å². The first kappa shape index (κ1) is 19.6. The molecular formula is C24H23N3O3. The molecule has 152 valence electrons. The first-order chi connectivity index (χ1) is 14.7. The molecule has 0 aliphatic carbocycles. The van der Waals surface area contributed by atoms with Crippen LogP contribution in [0.15, 0.2) is 71.8 Å². The molecule has 30 heavy (non-hydrogen) atoms. The van der Waals surface area contributed by atoms with Crippen LogP contribution in [0.5, 0.6) is 5.75 Å². The first-order valence-corrected chi connectivity index (χ1v) is 9.99. The zero-order chi connectivity index (χ0) is 20.9. The smallest absolute Gasteiger partial charge is 0.253 e. The number of ether oxygens (including phenoxy) is 1. The Bertz CT molecular complexity index is 1100. The second kappa shape index (κ2) is 8.78. The highest BCUT2D eigenvalue weighted by Crippen LogP contribution is 2.29. The van der Waals surface area contributed by atoms with Crippen molar-refractivity contribution in [2.75, 3.05) is 13.2 Å². The van der Waals surface area contributed by atoms with Gasteiger partial charge in [-0.3, -0.25) is 9.59 Å². The molecule has 3 aromatic carbocycles. The Balaban J connectivity index is 1.56. The van der Waals surface area contributed by atoms with Gasteiger partial charge in [-0.1, -0.05) is 60.7 Å². The van der Waals surface area contributed by atoms with Crippen LogP contribution in [-0.2, 0) is 9.59 Å². The molecule has 2 atom stereocenters. The summed E-state index contributed by atoms with van der Waals surface area (Å²) in [6.07, 6.45) is 1.58. The topological polar surface area (TPSA) is 79.8 Å². The monoisotopic (exact) mass is 401 g/mol. The van der Waals surface area contributed by atoms with Crippen molar-refractivity contribution in [2.24, 2.45) is 11.0 Å². The van der Waals surface area contributed by atoms with Gasteiger partial charge in [0, 0.05) is 18.0 Å². The van der Waals surface area contributed by atoms with Crippen molar-refractivity contribution in [1.29, 1.82) is 0 Å². The predicted molar refractivity (Wildman–Crippen MR) is 117 cm³/mol. The number of carbonyl (C=O) groups is 2.